The van der Waals surface area contributed by atoms with Crippen LogP contribution in [-0.4, -0.2) is 38.9 Å². The third kappa shape index (κ3) is 3.37. The zero-order valence-corrected chi connectivity index (χ0v) is 13.7. The first-order valence-electron chi connectivity index (χ1n) is 5.87. The quantitative estimate of drug-likeness (QED) is 0.845. The highest BCUT2D eigenvalue weighted by atomic mass is 79.9. The number of thiophene rings is 1. The third-order valence-electron chi connectivity index (χ3n) is 3.24. The largest absolute Gasteiger partial charge is 0.394 e. The smallest absolute Gasteiger partial charge is 0.242 e. The first-order valence-corrected chi connectivity index (χ1v) is 8.96. The average molecular weight is 370 g/mol. The van der Waals surface area contributed by atoms with E-state index in [0.717, 1.165) is 8.66 Å². The van der Waals surface area contributed by atoms with Crippen LogP contribution in [0, 0.1) is 6.92 Å². The van der Waals surface area contributed by atoms with Crippen molar-refractivity contribution in [1.29, 1.82) is 0 Å². The van der Waals surface area contributed by atoms with Crippen molar-refractivity contribution in [2.24, 2.45) is 0 Å². The molecular weight excluding hydrogens is 354 g/mol. The van der Waals surface area contributed by atoms with E-state index in [-0.39, 0.29) is 11.5 Å². The van der Waals surface area contributed by atoms with Gasteiger partial charge in [0.1, 0.15) is 0 Å². The molecule has 0 bridgehead atoms. The van der Waals surface area contributed by atoms with Crippen LogP contribution in [0.5, 0.6) is 0 Å². The summed E-state index contributed by atoms with van der Waals surface area (Å²) < 4.78 is 33.5. The van der Waals surface area contributed by atoms with E-state index in [1.807, 2.05) is 0 Å². The molecule has 0 saturated carbocycles. The highest BCUT2D eigenvalue weighted by Gasteiger charge is 2.37. The molecule has 19 heavy (non-hydrogen) atoms. The van der Waals surface area contributed by atoms with Crippen LogP contribution in [0.25, 0.3) is 0 Å². The van der Waals surface area contributed by atoms with Gasteiger partial charge in [-0.05, 0) is 41.8 Å². The maximum absolute atomic E-state index is 12.4. The van der Waals surface area contributed by atoms with Gasteiger partial charge in [-0.2, -0.15) is 0 Å². The van der Waals surface area contributed by atoms with Gasteiger partial charge >= 0.3 is 0 Å². The summed E-state index contributed by atoms with van der Waals surface area (Å²) in [5.41, 5.74) is -0.808. The summed E-state index contributed by atoms with van der Waals surface area (Å²) >= 11 is 4.66. The molecule has 8 heteroatoms. The topological polar surface area (TPSA) is 75.6 Å². The zero-order chi connectivity index (χ0) is 14.1. The van der Waals surface area contributed by atoms with Crippen molar-refractivity contribution in [3.8, 4) is 0 Å². The SMILES string of the molecule is Cc1sc(Br)cc1S(=O)(=O)NC1(CO)CCOCC1. The molecule has 1 aromatic rings. The van der Waals surface area contributed by atoms with E-state index in [1.165, 1.54) is 11.3 Å². The number of rotatable bonds is 4. The summed E-state index contributed by atoms with van der Waals surface area (Å²) in [6, 6.07) is 1.59. The molecule has 5 nitrogen and oxygen atoms in total. The fourth-order valence-electron chi connectivity index (χ4n) is 2.09. The van der Waals surface area contributed by atoms with Crippen LogP contribution in [0.1, 0.15) is 17.7 Å². The van der Waals surface area contributed by atoms with Crippen molar-refractivity contribution in [3.63, 3.8) is 0 Å². The number of hydrogen-bond donors (Lipinski definition) is 2. The highest BCUT2D eigenvalue weighted by Crippen LogP contribution is 2.31. The summed E-state index contributed by atoms with van der Waals surface area (Å²) in [7, 11) is -3.63. The summed E-state index contributed by atoms with van der Waals surface area (Å²) in [6.07, 6.45) is 0.959. The Morgan fingerprint density at radius 3 is 2.63 bits per heavy atom. The lowest BCUT2D eigenvalue weighted by molar-refractivity contribution is 0.0223. The van der Waals surface area contributed by atoms with Crippen LogP contribution >= 0.6 is 27.3 Å². The molecule has 2 N–H and O–H groups in total. The minimum Gasteiger partial charge on any atom is -0.394 e. The highest BCUT2D eigenvalue weighted by molar-refractivity contribution is 9.11. The number of aryl methyl sites for hydroxylation is 1. The number of nitrogens with one attached hydrogen (secondary N) is 1. The van der Waals surface area contributed by atoms with Gasteiger partial charge in [-0.3, -0.25) is 0 Å². The Labute approximate surface area is 125 Å². The lowest BCUT2D eigenvalue weighted by atomic mass is 9.93. The van der Waals surface area contributed by atoms with Gasteiger partial charge < -0.3 is 9.84 Å². The predicted molar refractivity (Wildman–Crippen MR) is 76.9 cm³/mol. The minimum absolute atomic E-state index is 0.222. The van der Waals surface area contributed by atoms with Crippen LogP contribution in [0.2, 0.25) is 0 Å². The van der Waals surface area contributed by atoms with E-state index >= 15 is 0 Å². The molecule has 1 aromatic heterocycles. The standard InChI is InChI=1S/C11H16BrNO4S2/c1-8-9(6-10(12)18-8)19(15,16)13-11(7-14)2-4-17-5-3-11/h6,13-14H,2-5,7H2,1H3. The van der Waals surface area contributed by atoms with E-state index in [2.05, 4.69) is 20.7 Å². The fourth-order valence-corrected chi connectivity index (χ4v) is 5.96. The van der Waals surface area contributed by atoms with Crippen molar-refractivity contribution < 1.29 is 18.3 Å². The van der Waals surface area contributed by atoms with Gasteiger partial charge in [-0.1, -0.05) is 0 Å². The molecule has 0 unspecified atom stereocenters. The molecule has 2 rings (SSSR count). The Morgan fingerprint density at radius 2 is 2.16 bits per heavy atom. The second-order valence-electron chi connectivity index (χ2n) is 4.63. The van der Waals surface area contributed by atoms with Crippen molar-refractivity contribution in [1.82, 2.24) is 4.72 Å². The van der Waals surface area contributed by atoms with Gasteiger partial charge in [-0.25, -0.2) is 13.1 Å². The second kappa shape index (κ2) is 5.79. The molecule has 1 fully saturated rings. The Bertz CT molecular complexity index is 549. The maximum atomic E-state index is 12.4. The monoisotopic (exact) mass is 369 g/mol. The number of ether oxygens (including phenoxy) is 1. The lowest BCUT2D eigenvalue weighted by Gasteiger charge is -2.35. The second-order valence-corrected chi connectivity index (χ2v) is 8.91. The Balaban J connectivity index is 2.27. The molecule has 0 aromatic carbocycles. The van der Waals surface area contributed by atoms with Crippen molar-refractivity contribution in [3.05, 3.63) is 14.7 Å². The average Bonchev–Trinajstić information content (AvgIpc) is 2.70. The summed E-state index contributed by atoms with van der Waals surface area (Å²) in [4.78, 5) is 0.989. The van der Waals surface area contributed by atoms with Gasteiger partial charge in [-0.15, -0.1) is 11.3 Å². The number of halogens is 1. The molecule has 1 aliphatic heterocycles. The van der Waals surface area contributed by atoms with Crippen LogP contribution in [-0.2, 0) is 14.8 Å². The van der Waals surface area contributed by atoms with E-state index < -0.39 is 15.6 Å². The number of aliphatic hydroxyl groups excluding tert-OH is 1. The Morgan fingerprint density at radius 1 is 1.53 bits per heavy atom. The van der Waals surface area contributed by atoms with Crippen LogP contribution in [0.4, 0.5) is 0 Å². The summed E-state index contributed by atoms with van der Waals surface area (Å²) in [5, 5.41) is 9.54. The fraction of sp³-hybridized carbons (Fsp3) is 0.636. The van der Waals surface area contributed by atoms with Crippen LogP contribution in [0.3, 0.4) is 0 Å². The number of sulfonamides is 1. The molecule has 0 atom stereocenters. The lowest BCUT2D eigenvalue weighted by Crippen LogP contribution is -2.54. The first-order chi connectivity index (χ1) is 8.88. The van der Waals surface area contributed by atoms with E-state index in [0.29, 0.717) is 26.1 Å². The molecule has 1 saturated heterocycles. The molecule has 0 amide bonds. The van der Waals surface area contributed by atoms with Gasteiger partial charge in [0, 0.05) is 18.1 Å². The van der Waals surface area contributed by atoms with Gasteiger partial charge in [0.05, 0.1) is 20.8 Å². The number of aliphatic hydroxyl groups is 1. The van der Waals surface area contributed by atoms with Crippen LogP contribution in [0.15, 0.2) is 14.7 Å². The number of hydrogen-bond acceptors (Lipinski definition) is 5. The molecular formula is C11H16BrNO4S2. The maximum Gasteiger partial charge on any atom is 0.242 e. The van der Waals surface area contributed by atoms with E-state index in [4.69, 9.17) is 4.74 Å². The van der Waals surface area contributed by atoms with Gasteiger partial charge in [0.25, 0.3) is 0 Å². The Hall–Kier alpha value is 0.01000. The van der Waals surface area contributed by atoms with E-state index in [1.54, 1.807) is 13.0 Å². The molecule has 108 valence electrons. The molecule has 0 radical (unpaired) electrons. The zero-order valence-electron chi connectivity index (χ0n) is 10.5. The first kappa shape index (κ1) is 15.4. The van der Waals surface area contributed by atoms with Crippen molar-refractivity contribution in [2.75, 3.05) is 19.8 Å². The molecule has 0 spiro atoms. The summed E-state index contributed by atoms with van der Waals surface area (Å²) in [5.74, 6) is 0. The van der Waals surface area contributed by atoms with Crippen molar-refractivity contribution >= 4 is 37.3 Å². The normalized spacial score (nSPS) is 19.5. The minimum atomic E-state index is -3.63. The molecule has 2 heterocycles. The van der Waals surface area contributed by atoms with Crippen LogP contribution < -0.4 is 4.72 Å². The third-order valence-corrected chi connectivity index (χ3v) is 6.62. The molecule has 0 aliphatic carbocycles. The summed E-state index contributed by atoms with van der Waals surface area (Å²) in [6.45, 7) is 2.45. The van der Waals surface area contributed by atoms with E-state index in [9.17, 15) is 13.5 Å². The predicted octanol–water partition coefficient (Wildman–Crippen LogP) is 1.64. The van der Waals surface area contributed by atoms with Gasteiger partial charge in [0.15, 0.2) is 0 Å². The Kier molecular flexibility index (Phi) is 4.69. The van der Waals surface area contributed by atoms with Crippen molar-refractivity contribution in [2.45, 2.75) is 30.2 Å². The van der Waals surface area contributed by atoms with Gasteiger partial charge in [0.2, 0.25) is 10.0 Å². The molecule has 1 aliphatic rings.